The summed E-state index contributed by atoms with van der Waals surface area (Å²) >= 11 is 0. The molecule has 0 amide bonds. The van der Waals surface area contributed by atoms with Gasteiger partial charge in [0.1, 0.15) is 0 Å². The van der Waals surface area contributed by atoms with E-state index in [1.165, 1.54) is 0 Å². The first-order chi connectivity index (χ1) is 46.9. The van der Waals surface area contributed by atoms with Gasteiger partial charge in [0.25, 0.3) is 0 Å². The fourth-order valence-corrected chi connectivity index (χ4v) is 11.2. The Balaban J connectivity index is 1.30. The van der Waals surface area contributed by atoms with Gasteiger partial charge in [-0.1, -0.05) is 229 Å². The van der Waals surface area contributed by atoms with Crippen LogP contribution in [-0.4, -0.2) is 75.5 Å². The second kappa shape index (κ2) is 40.9. The van der Waals surface area contributed by atoms with Gasteiger partial charge in [-0.05, 0) is 145 Å². The number of ether oxygens (including phenoxy) is 6. The maximum atomic E-state index is 13.7. The maximum absolute atomic E-state index is 13.7. The smallest absolute Gasteiger partial charge is 0.338 e. The molecule has 0 N–H and O–H groups in total. The van der Waals surface area contributed by atoms with Crippen molar-refractivity contribution in [3.63, 3.8) is 0 Å². The molecule has 0 saturated carbocycles. The molecule has 0 aromatic heterocycles. The SMILES string of the molecule is CCCCCCOC(=O)c1cc(C(=O)OCCCCCC)c2ccc(C#Cc3cc(C#Cc4ccc5c(C(=O)OCCCCCC)cc(C(=O)OCCCCCC)c-5cc4)cc(C#Cc4ccc5c(C(=O)OCCCCCC)cc(C(=O)OCCCCCC)c-5cc4)c3)ccc1-2. The molecule has 96 heavy (non-hydrogen) atoms. The van der Waals surface area contributed by atoms with Gasteiger partial charge in [0.2, 0.25) is 0 Å². The van der Waals surface area contributed by atoms with Gasteiger partial charge in [0.15, 0.2) is 0 Å². The minimum absolute atomic E-state index is 0.269. The lowest BCUT2D eigenvalue weighted by Crippen LogP contribution is -2.07. The van der Waals surface area contributed by atoms with Crippen LogP contribution in [0, 0.1) is 35.5 Å². The Kier molecular flexibility index (Phi) is 31.6. The number of esters is 6. The van der Waals surface area contributed by atoms with E-state index in [-0.39, 0.29) is 73.0 Å². The van der Waals surface area contributed by atoms with Crippen molar-refractivity contribution in [2.75, 3.05) is 39.6 Å². The first kappa shape index (κ1) is 74.2. The molecule has 0 saturated heterocycles. The number of hydrogen-bond acceptors (Lipinski definition) is 12. The second-order valence-electron chi connectivity index (χ2n) is 24.5. The molecule has 0 aliphatic heterocycles. The predicted molar refractivity (Wildman–Crippen MR) is 380 cm³/mol. The van der Waals surface area contributed by atoms with E-state index < -0.39 is 35.8 Å². The van der Waals surface area contributed by atoms with E-state index in [2.05, 4.69) is 77.1 Å². The van der Waals surface area contributed by atoms with E-state index in [1.807, 2.05) is 54.6 Å². The van der Waals surface area contributed by atoms with Crippen molar-refractivity contribution >= 4 is 35.8 Å². The summed E-state index contributed by atoms with van der Waals surface area (Å²) in [5.41, 5.74) is 8.46. The van der Waals surface area contributed by atoms with Crippen LogP contribution in [0.5, 0.6) is 0 Å². The Hall–Kier alpha value is -9.18. The lowest BCUT2D eigenvalue weighted by molar-refractivity contribution is 0.0482. The summed E-state index contributed by atoms with van der Waals surface area (Å²) in [4.78, 5) is 82.3. The Morgan fingerprint density at radius 2 is 0.385 bits per heavy atom. The number of carbonyl (C=O) groups is 6. The molecule has 0 radical (unpaired) electrons. The summed E-state index contributed by atoms with van der Waals surface area (Å²) in [7, 11) is 0. The van der Waals surface area contributed by atoms with Crippen LogP contribution in [0.4, 0.5) is 0 Å². The molecule has 504 valence electrons. The van der Waals surface area contributed by atoms with Gasteiger partial charge in [0, 0.05) is 33.4 Å². The molecular weight excluding hydrogens is 1200 g/mol. The van der Waals surface area contributed by atoms with Crippen molar-refractivity contribution in [3.8, 4) is 68.9 Å². The summed E-state index contributed by atoms with van der Waals surface area (Å²) in [6.07, 6.45) is 22.7. The van der Waals surface area contributed by atoms with Gasteiger partial charge >= 0.3 is 35.8 Å². The van der Waals surface area contributed by atoms with Crippen molar-refractivity contribution < 1.29 is 57.2 Å². The number of benzene rings is 1. The molecule has 0 spiro atoms. The molecule has 0 fully saturated rings. The van der Waals surface area contributed by atoms with Gasteiger partial charge in [-0.25, -0.2) is 28.8 Å². The molecule has 0 heterocycles. The van der Waals surface area contributed by atoms with Crippen molar-refractivity contribution in [3.05, 3.63) is 176 Å². The van der Waals surface area contributed by atoms with Crippen LogP contribution in [0.3, 0.4) is 0 Å². The highest BCUT2D eigenvalue weighted by molar-refractivity contribution is 6.10. The fraction of sp³-hybridized carbons (Fsp3) is 0.429. The van der Waals surface area contributed by atoms with Crippen LogP contribution < -0.4 is 0 Å². The van der Waals surface area contributed by atoms with Crippen LogP contribution >= 0.6 is 0 Å². The van der Waals surface area contributed by atoms with Crippen molar-refractivity contribution in [2.24, 2.45) is 0 Å². The van der Waals surface area contributed by atoms with E-state index in [9.17, 15) is 28.8 Å². The maximum Gasteiger partial charge on any atom is 0.338 e. The van der Waals surface area contributed by atoms with E-state index >= 15 is 0 Å². The van der Waals surface area contributed by atoms with Crippen LogP contribution in [0.1, 0.15) is 291 Å². The second-order valence-corrected chi connectivity index (χ2v) is 24.5. The molecule has 12 nitrogen and oxygen atoms in total. The molecule has 0 atom stereocenters. The number of unbranched alkanes of at least 4 members (excludes halogenated alkanes) is 18. The first-order valence-electron chi connectivity index (χ1n) is 35.4. The minimum atomic E-state index is -0.511. The highest BCUT2D eigenvalue weighted by Crippen LogP contribution is 2.37. The monoisotopic (exact) mass is 1300 g/mol. The molecule has 0 unspecified atom stereocenters. The summed E-state index contributed by atoms with van der Waals surface area (Å²) in [5, 5.41) is 0. The Morgan fingerprint density at radius 1 is 0.219 bits per heavy atom. The molecule has 0 bridgehead atoms. The van der Waals surface area contributed by atoms with E-state index in [0.717, 1.165) is 154 Å². The molecule has 6 aliphatic rings. The fourth-order valence-electron chi connectivity index (χ4n) is 11.2. The van der Waals surface area contributed by atoms with Crippen molar-refractivity contribution in [1.29, 1.82) is 0 Å². The molecular formula is C84H96O12. The summed E-state index contributed by atoms with van der Waals surface area (Å²) in [6.45, 7) is 14.4. The standard InChI is InChI=1S/C84H96O12/c1-7-13-19-25-49-91-79(85)73-58-74(80(86)92-50-26-20-14-8-2)68-44-38-61(37-43-67(68)73)31-34-64-55-65(35-32-62-39-45-69-70(46-40-62)76(82(88)94-52-28-22-16-10-4)59-75(69)81(87)93-51-27-21-15-9-3)57-66(56-64)36-33-63-41-47-71-72(48-42-63)78(84(90)96-54-30-24-18-12-6)60-77(71)83(89)95-53-29-23-17-11-5/h37-48,55-60H,7-30,49-54H2,1-6H3. The third-order valence-corrected chi connectivity index (χ3v) is 16.7. The summed E-state index contributed by atoms with van der Waals surface area (Å²) < 4.78 is 34.5. The quantitative estimate of drug-likeness (QED) is 0.0159. The average Bonchev–Trinajstić information content (AvgIpc) is 1.69. The van der Waals surface area contributed by atoms with Gasteiger partial charge in [-0.15, -0.1) is 0 Å². The molecule has 1 aromatic carbocycles. The zero-order valence-corrected chi connectivity index (χ0v) is 57.5. The molecule has 1 aromatic rings. The predicted octanol–water partition coefficient (Wildman–Crippen LogP) is 19.6. The van der Waals surface area contributed by atoms with Crippen LogP contribution in [-0.2, 0) is 28.4 Å². The minimum Gasteiger partial charge on any atom is -0.462 e. The van der Waals surface area contributed by atoms with Crippen molar-refractivity contribution in [2.45, 2.75) is 196 Å². The highest BCUT2D eigenvalue weighted by atomic mass is 16.6. The van der Waals surface area contributed by atoms with Crippen LogP contribution in [0.2, 0.25) is 0 Å². The number of hydrogen-bond donors (Lipinski definition) is 0. The lowest BCUT2D eigenvalue weighted by atomic mass is 10.0. The van der Waals surface area contributed by atoms with E-state index in [0.29, 0.717) is 66.8 Å². The van der Waals surface area contributed by atoms with Gasteiger partial charge in [0.05, 0.1) is 73.0 Å². The van der Waals surface area contributed by atoms with Crippen LogP contribution in [0.15, 0.2) is 109 Å². The largest absolute Gasteiger partial charge is 0.462 e. The molecule has 7 rings (SSSR count). The third kappa shape index (κ3) is 22.8. The average molecular weight is 1300 g/mol. The number of rotatable bonds is 36. The first-order valence-corrected chi connectivity index (χ1v) is 35.4. The lowest BCUT2D eigenvalue weighted by Gasteiger charge is -2.05. The summed E-state index contributed by atoms with van der Waals surface area (Å²) in [6, 6.07) is 31.9. The zero-order valence-electron chi connectivity index (χ0n) is 57.5. The van der Waals surface area contributed by atoms with Gasteiger partial charge in [-0.3, -0.25) is 0 Å². The zero-order chi connectivity index (χ0) is 68.3. The van der Waals surface area contributed by atoms with Crippen molar-refractivity contribution in [1.82, 2.24) is 0 Å². The normalized spacial score (nSPS) is 10.8. The highest BCUT2D eigenvalue weighted by Gasteiger charge is 2.29. The third-order valence-electron chi connectivity index (χ3n) is 16.7. The molecule has 12 heteroatoms. The van der Waals surface area contributed by atoms with Crippen LogP contribution in [0.25, 0.3) is 33.4 Å². The topological polar surface area (TPSA) is 158 Å². The van der Waals surface area contributed by atoms with E-state index in [1.54, 1.807) is 54.6 Å². The van der Waals surface area contributed by atoms with Gasteiger partial charge < -0.3 is 28.4 Å². The van der Waals surface area contributed by atoms with Gasteiger partial charge in [-0.2, -0.15) is 0 Å². The summed E-state index contributed by atoms with van der Waals surface area (Å²) in [5.74, 6) is 16.8. The Labute approximate surface area is 570 Å². The Morgan fingerprint density at radius 3 is 0.552 bits per heavy atom. The van der Waals surface area contributed by atoms with E-state index in [4.69, 9.17) is 28.4 Å². The number of carbonyl (C=O) groups excluding carboxylic acids is 6. The molecule has 6 aliphatic carbocycles. The Bertz CT molecular complexity index is 3230. The number of fused-ring (bicyclic) bond motifs is 3.